The van der Waals surface area contributed by atoms with Gasteiger partial charge < -0.3 is 20.0 Å². The van der Waals surface area contributed by atoms with Crippen LogP contribution in [0.2, 0.25) is 0 Å². The van der Waals surface area contributed by atoms with Crippen LogP contribution in [0.5, 0.6) is 0 Å². The number of carboxylic acid groups (broad SMARTS) is 1. The molecule has 1 atom stereocenters. The Labute approximate surface area is 163 Å². The van der Waals surface area contributed by atoms with Crippen molar-refractivity contribution in [1.82, 2.24) is 5.32 Å². The van der Waals surface area contributed by atoms with Crippen molar-refractivity contribution in [2.75, 3.05) is 6.26 Å². The number of nitrogens with one attached hydrogen (secondary N) is 1. The van der Waals surface area contributed by atoms with E-state index in [1.54, 1.807) is 18.2 Å². The molecule has 2 N–H and O–H groups in total. The summed E-state index contributed by atoms with van der Waals surface area (Å²) in [6.07, 6.45) is 1.05. The van der Waals surface area contributed by atoms with Crippen LogP contribution in [0.15, 0.2) is 28.5 Å². The number of carbonyl (C=O) groups is 3. The molecule has 2 rings (SSSR count). The van der Waals surface area contributed by atoms with E-state index in [9.17, 15) is 22.8 Å². The molecule has 0 fully saturated rings. The fraction of sp³-hybridized carbons (Fsp3) is 0.312. The highest BCUT2D eigenvalue weighted by Crippen LogP contribution is 2.23. The quantitative estimate of drug-likeness (QED) is 0.548. The summed E-state index contributed by atoms with van der Waals surface area (Å²) < 4.78 is 28.7. The number of hydrogen-bond donors (Lipinski definition) is 2. The summed E-state index contributed by atoms with van der Waals surface area (Å²) in [5, 5.41) is 11.0. The van der Waals surface area contributed by atoms with Crippen LogP contribution < -0.4 is 5.32 Å². The molecular weight excluding hydrogens is 414 g/mol. The first-order chi connectivity index (χ1) is 12.7. The average molecular weight is 432 g/mol. The van der Waals surface area contributed by atoms with Crippen LogP contribution in [-0.2, 0) is 37.4 Å². The van der Waals surface area contributed by atoms with Crippen LogP contribution in [0.4, 0.5) is 0 Å². The van der Waals surface area contributed by atoms with E-state index < -0.39 is 34.2 Å². The molecule has 8 nitrogen and oxygen atoms in total. The van der Waals surface area contributed by atoms with Crippen LogP contribution in [0, 0.1) is 0 Å². The minimum atomic E-state index is -3.23. The predicted octanol–water partition coefficient (Wildman–Crippen LogP) is 1.70. The highest BCUT2D eigenvalue weighted by atomic mass is 32.2. The molecule has 146 valence electrons. The smallest absolute Gasteiger partial charge is 0.305 e. The predicted molar refractivity (Wildman–Crippen MR) is 99.8 cm³/mol. The molecular formula is C16H17NO7S3. The molecule has 0 radical (unpaired) electrons. The number of ether oxygens (including phenoxy) is 1. The van der Waals surface area contributed by atoms with Crippen LogP contribution in [0.25, 0.3) is 0 Å². The maximum absolute atomic E-state index is 12.1. The second-order valence-corrected chi connectivity index (χ2v) is 10.1. The van der Waals surface area contributed by atoms with E-state index in [2.05, 4.69) is 5.32 Å². The van der Waals surface area contributed by atoms with Gasteiger partial charge in [0.15, 0.2) is 9.84 Å². The Bertz CT molecular complexity index is 929. The van der Waals surface area contributed by atoms with E-state index >= 15 is 0 Å². The Balaban J connectivity index is 1.86. The molecule has 27 heavy (non-hydrogen) atoms. The third-order valence-electron chi connectivity index (χ3n) is 3.25. The van der Waals surface area contributed by atoms with Crippen LogP contribution in [0.3, 0.4) is 0 Å². The van der Waals surface area contributed by atoms with Gasteiger partial charge >= 0.3 is 5.97 Å². The highest BCUT2D eigenvalue weighted by molar-refractivity contribution is 7.92. The Kier molecular flexibility index (Phi) is 7.25. The van der Waals surface area contributed by atoms with Crippen molar-refractivity contribution in [2.24, 2.45) is 0 Å². The fourth-order valence-corrected chi connectivity index (χ4v) is 4.79. The van der Waals surface area contributed by atoms with Crippen molar-refractivity contribution in [1.29, 1.82) is 0 Å². The van der Waals surface area contributed by atoms with Gasteiger partial charge in [0.25, 0.3) is 5.91 Å². The largest absolute Gasteiger partial charge is 0.481 e. The van der Waals surface area contributed by atoms with Gasteiger partial charge in [-0.25, -0.2) is 8.42 Å². The Morgan fingerprint density at radius 1 is 1.19 bits per heavy atom. The fourth-order valence-electron chi connectivity index (χ4n) is 2.03. The van der Waals surface area contributed by atoms with E-state index in [0.717, 1.165) is 38.7 Å². The molecule has 0 aliphatic rings. The molecule has 0 spiro atoms. The molecule has 0 unspecified atom stereocenters. The number of aldehydes is 1. The van der Waals surface area contributed by atoms with Gasteiger partial charge in [0.05, 0.1) is 30.6 Å². The molecule has 2 aromatic heterocycles. The molecule has 2 aromatic rings. The summed E-state index contributed by atoms with van der Waals surface area (Å²) in [4.78, 5) is 35.4. The summed E-state index contributed by atoms with van der Waals surface area (Å²) in [6, 6.07) is 5.40. The molecule has 0 bridgehead atoms. The minimum Gasteiger partial charge on any atom is -0.481 e. The van der Waals surface area contributed by atoms with Gasteiger partial charge in [-0.1, -0.05) is 0 Å². The molecule has 1 amide bonds. The van der Waals surface area contributed by atoms with Crippen molar-refractivity contribution in [3.8, 4) is 0 Å². The second kappa shape index (κ2) is 9.22. The SMILES string of the molecule is CS(=O)(=O)c1ccc(COCc2ccc(C(=O)N[C@H](C=O)CC(=O)O)s2)s1. The first kappa shape index (κ1) is 21.2. The zero-order chi connectivity index (χ0) is 20.0. The van der Waals surface area contributed by atoms with Gasteiger partial charge in [-0.2, -0.15) is 0 Å². The summed E-state index contributed by atoms with van der Waals surface area (Å²) >= 11 is 2.31. The van der Waals surface area contributed by atoms with Crippen LogP contribution in [0.1, 0.15) is 25.8 Å². The molecule has 0 saturated carbocycles. The minimum absolute atomic E-state index is 0.232. The van der Waals surface area contributed by atoms with Gasteiger partial charge in [0.2, 0.25) is 0 Å². The average Bonchev–Trinajstić information content (AvgIpc) is 3.23. The van der Waals surface area contributed by atoms with E-state index in [1.165, 1.54) is 6.07 Å². The van der Waals surface area contributed by atoms with Gasteiger partial charge in [-0.05, 0) is 24.3 Å². The third kappa shape index (κ3) is 6.54. The monoisotopic (exact) mass is 431 g/mol. The maximum Gasteiger partial charge on any atom is 0.305 e. The molecule has 11 heteroatoms. The number of carboxylic acids is 1. The lowest BCUT2D eigenvalue weighted by Gasteiger charge is -2.08. The second-order valence-electron chi connectivity index (χ2n) is 5.57. The molecule has 0 saturated heterocycles. The highest BCUT2D eigenvalue weighted by Gasteiger charge is 2.17. The van der Waals surface area contributed by atoms with Crippen LogP contribution >= 0.6 is 22.7 Å². The van der Waals surface area contributed by atoms with Crippen molar-refractivity contribution in [3.63, 3.8) is 0 Å². The number of aliphatic carboxylic acids is 1. The normalized spacial score (nSPS) is 12.5. The van der Waals surface area contributed by atoms with Crippen molar-refractivity contribution >= 4 is 50.7 Å². The topological polar surface area (TPSA) is 127 Å². The zero-order valence-electron chi connectivity index (χ0n) is 14.2. The molecule has 0 aromatic carbocycles. The van der Waals surface area contributed by atoms with Gasteiger partial charge in [-0.15, -0.1) is 22.7 Å². The lowest BCUT2D eigenvalue weighted by Crippen LogP contribution is -2.37. The Morgan fingerprint density at radius 2 is 1.81 bits per heavy atom. The zero-order valence-corrected chi connectivity index (χ0v) is 16.7. The Morgan fingerprint density at radius 3 is 2.37 bits per heavy atom. The van der Waals surface area contributed by atoms with Crippen LogP contribution in [-0.4, -0.2) is 44.0 Å². The molecule has 0 aliphatic carbocycles. The van der Waals surface area contributed by atoms with E-state index in [-0.39, 0.29) is 17.4 Å². The number of thiophene rings is 2. The maximum atomic E-state index is 12.1. The third-order valence-corrected chi connectivity index (χ3v) is 7.19. The number of amides is 1. The van der Waals surface area contributed by atoms with E-state index in [4.69, 9.17) is 9.84 Å². The number of rotatable bonds is 10. The lowest BCUT2D eigenvalue weighted by molar-refractivity contribution is -0.138. The first-order valence-corrected chi connectivity index (χ1v) is 11.1. The van der Waals surface area contributed by atoms with Gasteiger partial charge in [0.1, 0.15) is 10.5 Å². The Hall–Kier alpha value is -2.08. The summed E-state index contributed by atoms with van der Waals surface area (Å²) in [5.41, 5.74) is 0. The van der Waals surface area contributed by atoms with Gasteiger partial charge in [-0.3, -0.25) is 9.59 Å². The lowest BCUT2D eigenvalue weighted by atomic mass is 10.2. The summed E-state index contributed by atoms with van der Waals surface area (Å²) in [5.74, 6) is -1.71. The molecule has 0 aliphatic heterocycles. The number of hydrogen-bond acceptors (Lipinski definition) is 8. The number of carbonyl (C=O) groups excluding carboxylic acids is 2. The van der Waals surface area contributed by atoms with E-state index in [1.807, 2.05) is 0 Å². The summed E-state index contributed by atoms with van der Waals surface area (Å²) in [6.45, 7) is 0.474. The van der Waals surface area contributed by atoms with Crippen molar-refractivity contribution in [2.45, 2.75) is 29.9 Å². The molecule has 2 heterocycles. The standard InChI is InChI=1S/C16H17NO7S3/c1-27(22,23)15-5-3-12(26-15)9-24-8-11-2-4-13(25-11)16(21)17-10(7-18)6-14(19)20/h2-5,7,10H,6,8-9H2,1H3,(H,17,21)(H,19,20)/t10-/m0/s1. The van der Waals surface area contributed by atoms with Crippen molar-refractivity contribution < 1.29 is 32.6 Å². The van der Waals surface area contributed by atoms with Crippen molar-refractivity contribution in [3.05, 3.63) is 38.9 Å². The number of sulfone groups is 1. The van der Waals surface area contributed by atoms with E-state index in [0.29, 0.717) is 11.2 Å². The first-order valence-electron chi connectivity index (χ1n) is 7.62. The summed E-state index contributed by atoms with van der Waals surface area (Å²) in [7, 11) is -3.23. The van der Waals surface area contributed by atoms with Gasteiger partial charge in [0, 0.05) is 16.0 Å².